The SMILES string of the molecule is Cc1nc(C(=O)Nc2ccc(-n3nccn3)cc2)n[nH]1. The van der Waals surface area contributed by atoms with E-state index in [4.69, 9.17) is 0 Å². The fourth-order valence-electron chi connectivity index (χ4n) is 1.66. The lowest BCUT2D eigenvalue weighted by atomic mass is 10.3. The van der Waals surface area contributed by atoms with Crippen molar-refractivity contribution < 1.29 is 4.79 Å². The van der Waals surface area contributed by atoms with E-state index in [0.29, 0.717) is 11.5 Å². The Balaban J connectivity index is 1.74. The second kappa shape index (κ2) is 4.92. The van der Waals surface area contributed by atoms with Gasteiger partial charge in [0, 0.05) is 5.69 Å². The highest BCUT2D eigenvalue weighted by Crippen LogP contribution is 2.12. The molecule has 0 radical (unpaired) electrons. The summed E-state index contributed by atoms with van der Waals surface area (Å²) in [5, 5.41) is 17.2. The van der Waals surface area contributed by atoms with Crippen LogP contribution in [0.1, 0.15) is 16.4 Å². The lowest BCUT2D eigenvalue weighted by Crippen LogP contribution is -2.13. The van der Waals surface area contributed by atoms with Gasteiger partial charge in [-0.25, -0.2) is 4.98 Å². The van der Waals surface area contributed by atoms with Crippen molar-refractivity contribution in [2.75, 3.05) is 5.32 Å². The third-order valence-electron chi connectivity index (χ3n) is 2.58. The molecule has 100 valence electrons. The molecule has 0 saturated carbocycles. The third-order valence-corrected chi connectivity index (χ3v) is 2.58. The van der Waals surface area contributed by atoms with Gasteiger partial charge in [0.2, 0.25) is 5.82 Å². The van der Waals surface area contributed by atoms with Gasteiger partial charge in [-0.1, -0.05) is 0 Å². The summed E-state index contributed by atoms with van der Waals surface area (Å²) < 4.78 is 0. The van der Waals surface area contributed by atoms with Crippen molar-refractivity contribution in [2.24, 2.45) is 0 Å². The molecule has 0 aliphatic rings. The van der Waals surface area contributed by atoms with Crippen LogP contribution in [0.4, 0.5) is 5.69 Å². The van der Waals surface area contributed by atoms with Crippen molar-refractivity contribution in [1.29, 1.82) is 0 Å². The lowest BCUT2D eigenvalue weighted by Gasteiger charge is -2.04. The first-order valence-electron chi connectivity index (χ1n) is 5.89. The molecule has 1 aromatic carbocycles. The van der Waals surface area contributed by atoms with E-state index >= 15 is 0 Å². The van der Waals surface area contributed by atoms with Crippen molar-refractivity contribution in [2.45, 2.75) is 6.92 Å². The molecule has 0 unspecified atom stereocenters. The predicted molar refractivity (Wildman–Crippen MR) is 70.4 cm³/mol. The molecule has 0 bridgehead atoms. The minimum Gasteiger partial charge on any atom is -0.319 e. The standard InChI is InChI=1S/C12H11N7O/c1-8-15-11(18-17-8)12(20)16-9-2-4-10(5-3-9)19-13-6-7-14-19/h2-7H,1H3,(H,16,20)(H,15,17,18). The average molecular weight is 269 g/mol. The molecule has 0 aliphatic carbocycles. The number of anilines is 1. The molecule has 2 heterocycles. The highest BCUT2D eigenvalue weighted by Gasteiger charge is 2.11. The fraction of sp³-hybridized carbons (Fsp3) is 0.0833. The number of amides is 1. The van der Waals surface area contributed by atoms with E-state index in [1.54, 1.807) is 43.6 Å². The molecule has 8 nitrogen and oxygen atoms in total. The van der Waals surface area contributed by atoms with Gasteiger partial charge >= 0.3 is 0 Å². The van der Waals surface area contributed by atoms with Gasteiger partial charge in [-0.3, -0.25) is 9.89 Å². The molecule has 8 heteroatoms. The number of benzene rings is 1. The van der Waals surface area contributed by atoms with Crippen molar-refractivity contribution in [1.82, 2.24) is 30.2 Å². The van der Waals surface area contributed by atoms with Crippen molar-refractivity contribution in [3.63, 3.8) is 0 Å². The van der Waals surface area contributed by atoms with E-state index < -0.39 is 0 Å². The van der Waals surface area contributed by atoms with Crippen LogP contribution in [0.5, 0.6) is 0 Å². The Labute approximate surface area is 113 Å². The summed E-state index contributed by atoms with van der Waals surface area (Å²) >= 11 is 0. The van der Waals surface area contributed by atoms with E-state index in [-0.39, 0.29) is 11.7 Å². The molecule has 2 N–H and O–H groups in total. The summed E-state index contributed by atoms with van der Waals surface area (Å²) in [4.78, 5) is 17.3. The molecule has 1 amide bonds. The van der Waals surface area contributed by atoms with E-state index in [1.807, 2.05) is 0 Å². The minimum absolute atomic E-state index is 0.111. The normalized spacial score (nSPS) is 10.4. The molecule has 0 atom stereocenters. The second-order valence-corrected chi connectivity index (χ2v) is 4.06. The number of nitrogens with one attached hydrogen (secondary N) is 2. The Bertz CT molecular complexity index is 715. The van der Waals surface area contributed by atoms with E-state index in [0.717, 1.165) is 5.69 Å². The van der Waals surface area contributed by atoms with Crippen LogP contribution in [-0.4, -0.2) is 36.1 Å². The fourth-order valence-corrected chi connectivity index (χ4v) is 1.66. The molecule has 0 spiro atoms. The van der Waals surface area contributed by atoms with Crippen LogP contribution in [0.25, 0.3) is 5.69 Å². The maximum Gasteiger partial charge on any atom is 0.295 e. The molecule has 0 aliphatic heterocycles. The maximum absolute atomic E-state index is 11.9. The predicted octanol–water partition coefficient (Wildman–Crippen LogP) is 0.946. The molecule has 3 rings (SSSR count). The van der Waals surface area contributed by atoms with Crippen LogP contribution < -0.4 is 5.32 Å². The molecule has 0 saturated heterocycles. The largest absolute Gasteiger partial charge is 0.319 e. The highest BCUT2D eigenvalue weighted by molar-refractivity contribution is 6.01. The Morgan fingerprint density at radius 3 is 2.50 bits per heavy atom. The van der Waals surface area contributed by atoms with Crippen LogP contribution in [0, 0.1) is 6.92 Å². The maximum atomic E-state index is 11.9. The Morgan fingerprint density at radius 1 is 1.20 bits per heavy atom. The highest BCUT2D eigenvalue weighted by atomic mass is 16.2. The van der Waals surface area contributed by atoms with Crippen LogP contribution in [0.2, 0.25) is 0 Å². The molecular formula is C12H11N7O. The number of carbonyl (C=O) groups is 1. The smallest absolute Gasteiger partial charge is 0.295 e. The number of nitrogens with zero attached hydrogens (tertiary/aromatic N) is 5. The average Bonchev–Trinajstić information content (AvgIpc) is 3.10. The number of H-pyrrole nitrogens is 1. The number of aromatic nitrogens is 6. The van der Waals surface area contributed by atoms with E-state index in [1.165, 1.54) is 4.80 Å². The summed E-state index contributed by atoms with van der Waals surface area (Å²) in [5.74, 6) is 0.342. The van der Waals surface area contributed by atoms with Crippen LogP contribution in [-0.2, 0) is 0 Å². The van der Waals surface area contributed by atoms with E-state index in [2.05, 4.69) is 30.7 Å². The summed E-state index contributed by atoms with van der Waals surface area (Å²) in [6.07, 6.45) is 3.20. The monoisotopic (exact) mass is 269 g/mol. The van der Waals surface area contributed by atoms with Crippen molar-refractivity contribution in [3.8, 4) is 5.69 Å². The lowest BCUT2D eigenvalue weighted by molar-refractivity contribution is 0.101. The third kappa shape index (κ3) is 2.39. The zero-order valence-corrected chi connectivity index (χ0v) is 10.6. The zero-order chi connectivity index (χ0) is 13.9. The second-order valence-electron chi connectivity index (χ2n) is 4.06. The quantitative estimate of drug-likeness (QED) is 0.737. The summed E-state index contributed by atoms with van der Waals surface area (Å²) in [7, 11) is 0. The van der Waals surface area contributed by atoms with Gasteiger partial charge in [-0.15, -0.1) is 5.10 Å². The summed E-state index contributed by atoms with van der Waals surface area (Å²) in [6.45, 7) is 1.73. The first-order valence-corrected chi connectivity index (χ1v) is 5.89. The summed E-state index contributed by atoms with van der Waals surface area (Å²) in [5.41, 5.74) is 1.45. The topological polar surface area (TPSA) is 101 Å². The van der Waals surface area contributed by atoms with Gasteiger partial charge in [-0.2, -0.15) is 15.0 Å². The number of rotatable bonds is 3. The van der Waals surface area contributed by atoms with Gasteiger partial charge in [-0.05, 0) is 31.2 Å². The van der Waals surface area contributed by atoms with Crippen LogP contribution >= 0.6 is 0 Å². The number of hydrogen-bond donors (Lipinski definition) is 2. The van der Waals surface area contributed by atoms with Crippen LogP contribution in [0.15, 0.2) is 36.7 Å². The molecule has 20 heavy (non-hydrogen) atoms. The molecular weight excluding hydrogens is 258 g/mol. The van der Waals surface area contributed by atoms with Crippen LogP contribution in [0.3, 0.4) is 0 Å². The van der Waals surface area contributed by atoms with Gasteiger partial charge in [0.15, 0.2) is 0 Å². The van der Waals surface area contributed by atoms with Gasteiger partial charge in [0.25, 0.3) is 5.91 Å². The molecule has 2 aromatic heterocycles. The number of carbonyl (C=O) groups excluding carboxylic acids is 1. The van der Waals surface area contributed by atoms with Crippen molar-refractivity contribution >= 4 is 11.6 Å². The van der Waals surface area contributed by atoms with Gasteiger partial charge in [0.1, 0.15) is 5.82 Å². The van der Waals surface area contributed by atoms with Gasteiger partial charge in [0.05, 0.1) is 18.1 Å². The summed E-state index contributed by atoms with van der Waals surface area (Å²) in [6, 6.07) is 7.13. The number of hydrogen-bond acceptors (Lipinski definition) is 5. The Kier molecular flexibility index (Phi) is 2.96. The Morgan fingerprint density at radius 2 is 1.90 bits per heavy atom. The number of aryl methyl sites for hydroxylation is 1. The molecule has 3 aromatic rings. The Hall–Kier alpha value is -3.03. The van der Waals surface area contributed by atoms with Crippen molar-refractivity contribution in [3.05, 3.63) is 48.3 Å². The first-order chi connectivity index (χ1) is 9.72. The van der Waals surface area contributed by atoms with Gasteiger partial charge < -0.3 is 5.32 Å². The van der Waals surface area contributed by atoms with E-state index in [9.17, 15) is 4.79 Å². The zero-order valence-electron chi connectivity index (χ0n) is 10.6. The molecule has 0 fully saturated rings. The first kappa shape index (κ1) is 12.0. The minimum atomic E-state index is -0.362. The number of aromatic amines is 1.